The van der Waals surface area contributed by atoms with Crippen molar-refractivity contribution in [2.24, 2.45) is 0 Å². The van der Waals surface area contributed by atoms with E-state index in [4.69, 9.17) is 9.15 Å². The van der Waals surface area contributed by atoms with Gasteiger partial charge in [-0.25, -0.2) is 13.1 Å². The molecule has 0 bridgehead atoms. The molecule has 0 aliphatic heterocycles. The number of ether oxygens (including phenoxy) is 1. The second-order valence-electron chi connectivity index (χ2n) is 8.31. The second kappa shape index (κ2) is 10.3. The van der Waals surface area contributed by atoms with Crippen LogP contribution in [-0.4, -0.2) is 21.4 Å². The van der Waals surface area contributed by atoms with Crippen LogP contribution in [0.15, 0.2) is 82.3 Å². The molecular weight excluding hydrogens is 452 g/mol. The van der Waals surface area contributed by atoms with E-state index < -0.39 is 10.0 Å². The van der Waals surface area contributed by atoms with Gasteiger partial charge in [0, 0.05) is 6.08 Å². The number of hydrogen-bond donors (Lipinski definition) is 2. The van der Waals surface area contributed by atoms with Crippen molar-refractivity contribution in [3.63, 3.8) is 0 Å². The number of carbonyl (C=O) groups is 1. The predicted molar refractivity (Wildman–Crippen MR) is 129 cm³/mol. The highest BCUT2D eigenvalue weighted by Crippen LogP contribution is 2.39. The normalized spacial score (nSPS) is 15.4. The molecule has 0 unspecified atom stereocenters. The van der Waals surface area contributed by atoms with Gasteiger partial charge in [0.1, 0.15) is 11.5 Å². The molecule has 178 valence electrons. The lowest BCUT2D eigenvalue weighted by molar-refractivity contribution is -0.118. The molecule has 1 amide bonds. The Morgan fingerprint density at radius 2 is 1.76 bits per heavy atom. The molecule has 0 saturated heterocycles. The van der Waals surface area contributed by atoms with Crippen LogP contribution in [0.4, 0.5) is 0 Å². The number of methoxy groups -OCH3 is 1. The van der Waals surface area contributed by atoms with Gasteiger partial charge in [-0.3, -0.25) is 4.79 Å². The third kappa shape index (κ3) is 5.58. The molecule has 8 heteroatoms. The Morgan fingerprint density at radius 3 is 2.38 bits per heavy atom. The highest BCUT2D eigenvalue weighted by atomic mass is 32.2. The number of rotatable bonds is 9. The highest BCUT2D eigenvalue weighted by molar-refractivity contribution is 7.89. The SMILES string of the molecule is COc1ccc(C2(NC(=O)/C=C/c3ccc(S(=O)(=O)NCc4ccco4)cc3)CCCC2)cc1. The van der Waals surface area contributed by atoms with E-state index >= 15 is 0 Å². The molecule has 0 radical (unpaired) electrons. The molecule has 1 aromatic heterocycles. The van der Waals surface area contributed by atoms with Crippen molar-refractivity contribution >= 4 is 22.0 Å². The molecule has 1 fully saturated rings. The lowest BCUT2D eigenvalue weighted by atomic mass is 9.88. The molecule has 3 aromatic rings. The van der Waals surface area contributed by atoms with Gasteiger partial charge in [-0.05, 0) is 66.4 Å². The summed E-state index contributed by atoms with van der Waals surface area (Å²) in [5, 5.41) is 3.20. The van der Waals surface area contributed by atoms with Gasteiger partial charge in [0.2, 0.25) is 15.9 Å². The van der Waals surface area contributed by atoms with Crippen molar-refractivity contribution in [1.29, 1.82) is 0 Å². The zero-order valence-corrected chi connectivity index (χ0v) is 19.8. The first-order valence-electron chi connectivity index (χ1n) is 11.2. The maximum atomic E-state index is 12.8. The predicted octanol–water partition coefficient (Wildman–Crippen LogP) is 4.37. The molecule has 2 aromatic carbocycles. The van der Waals surface area contributed by atoms with Gasteiger partial charge in [0.05, 0.1) is 30.4 Å². The fourth-order valence-corrected chi connectivity index (χ4v) is 5.24. The van der Waals surface area contributed by atoms with E-state index in [0.717, 1.165) is 42.6 Å². The maximum absolute atomic E-state index is 12.8. The summed E-state index contributed by atoms with van der Waals surface area (Å²) < 4.78 is 37.8. The zero-order valence-electron chi connectivity index (χ0n) is 19.0. The minimum atomic E-state index is -3.67. The topological polar surface area (TPSA) is 97.6 Å². The molecule has 0 atom stereocenters. The smallest absolute Gasteiger partial charge is 0.244 e. The van der Waals surface area contributed by atoms with E-state index in [1.165, 1.54) is 24.5 Å². The third-order valence-corrected chi connectivity index (χ3v) is 7.51. The molecule has 1 aliphatic rings. The average Bonchev–Trinajstić information content (AvgIpc) is 3.55. The molecule has 1 saturated carbocycles. The Kier molecular flexibility index (Phi) is 7.19. The Morgan fingerprint density at radius 1 is 1.06 bits per heavy atom. The monoisotopic (exact) mass is 480 g/mol. The summed E-state index contributed by atoms with van der Waals surface area (Å²) in [7, 11) is -2.03. The second-order valence-corrected chi connectivity index (χ2v) is 10.1. The first-order chi connectivity index (χ1) is 16.4. The summed E-state index contributed by atoms with van der Waals surface area (Å²) in [6.07, 6.45) is 8.54. The fourth-order valence-electron chi connectivity index (χ4n) is 4.24. The standard InChI is InChI=1S/C26H28N2O5S/c1-32-22-11-9-21(10-12-22)26(16-2-3-17-26)28-25(29)15-8-20-6-13-24(14-7-20)34(30,31)27-19-23-5-4-18-33-23/h4-15,18,27H,2-3,16-17,19H2,1H3,(H,28,29)/b15-8+. The molecular formula is C26H28N2O5S. The van der Waals surface area contributed by atoms with Crippen LogP contribution < -0.4 is 14.8 Å². The lowest BCUT2D eigenvalue weighted by Crippen LogP contribution is -2.43. The van der Waals surface area contributed by atoms with Crippen LogP contribution in [0.3, 0.4) is 0 Å². The van der Waals surface area contributed by atoms with Crippen LogP contribution in [0.5, 0.6) is 5.75 Å². The third-order valence-electron chi connectivity index (χ3n) is 6.10. The summed E-state index contributed by atoms with van der Waals surface area (Å²) >= 11 is 0. The van der Waals surface area contributed by atoms with Crippen LogP contribution in [0.25, 0.3) is 6.08 Å². The van der Waals surface area contributed by atoms with Gasteiger partial charge in [0.25, 0.3) is 0 Å². The fraction of sp³-hybridized carbons (Fsp3) is 0.269. The van der Waals surface area contributed by atoms with Gasteiger partial charge in [-0.15, -0.1) is 0 Å². The lowest BCUT2D eigenvalue weighted by Gasteiger charge is -2.30. The average molecular weight is 481 g/mol. The van der Waals surface area contributed by atoms with Crippen molar-refractivity contribution in [3.05, 3.63) is 89.9 Å². The molecule has 34 heavy (non-hydrogen) atoms. The van der Waals surface area contributed by atoms with E-state index in [2.05, 4.69) is 10.0 Å². The zero-order chi connectivity index (χ0) is 24.0. The van der Waals surface area contributed by atoms with Gasteiger partial charge >= 0.3 is 0 Å². The highest BCUT2D eigenvalue weighted by Gasteiger charge is 2.36. The van der Waals surface area contributed by atoms with Crippen molar-refractivity contribution in [2.75, 3.05) is 7.11 Å². The van der Waals surface area contributed by atoms with Crippen LogP contribution in [0.2, 0.25) is 0 Å². The van der Waals surface area contributed by atoms with Gasteiger partial charge in [0.15, 0.2) is 0 Å². The number of sulfonamides is 1. The van der Waals surface area contributed by atoms with E-state index in [0.29, 0.717) is 5.76 Å². The number of carbonyl (C=O) groups excluding carboxylic acids is 1. The van der Waals surface area contributed by atoms with E-state index in [-0.39, 0.29) is 22.9 Å². The summed E-state index contributed by atoms with van der Waals surface area (Å²) in [6.45, 7) is 0.0765. The number of furan rings is 1. The van der Waals surface area contributed by atoms with Crippen molar-refractivity contribution in [2.45, 2.75) is 42.7 Å². The van der Waals surface area contributed by atoms with E-state index in [9.17, 15) is 13.2 Å². The Balaban J connectivity index is 1.40. The van der Waals surface area contributed by atoms with Crippen LogP contribution in [-0.2, 0) is 26.9 Å². The summed E-state index contributed by atoms with van der Waals surface area (Å²) in [6, 6.07) is 17.6. The van der Waals surface area contributed by atoms with Gasteiger partial charge < -0.3 is 14.5 Å². The molecule has 1 heterocycles. The largest absolute Gasteiger partial charge is 0.497 e. The summed E-state index contributed by atoms with van der Waals surface area (Å²) in [5.41, 5.74) is 1.42. The van der Waals surface area contributed by atoms with Gasteiger partial charge in [-0.2, -0.15) is 0 Å². The first-order valence-corrected chi connectivity index (χ1v) is 12.7. The molecule has 2 N–H and O–H groups in total. The van der Waals surface area contributed by atoms with Crippen LogP contribution >= 0.6 is 0 Å². The summed E-state index contributed by atoms with van der Waals surface area (Å²) in [5.74, 6) is 1.13. The van der Waals surface area contributed by atoms with E-state index in [1.54, 1.807) is 37.5 Å². The van der Waals surface area contributed by atoms with Crippen LogP contribution in [0.1, 0.15) is 42.6 Å². The minimum Gasteiger partial charge on any atom is -0.497 e. The van der Waals surface area contributed by atoms with Crippen molar-refractivity contribution in [3.8, 4) is 5.75 Å². The summed E-state index contributed by atoms with van der Waals surface area (Å²) in [4.78, 5) is 12.9. The Hall–Kier alpha value is -3.36. The van der Waals surface area contributed by atoms with Crippen LogP contribution in [0, 0.1) is 0 Å². The number of amides is 1. The Bertz CT molecular complexity index is 1230. The van der Waals surface area contributed by atoms with Crippen molar-refractivity contribution < 1.29 is 22.4 Å². The number of benzene rings is 2. The molecule has 4 rings (SSSR count). The Labute approximate surface area is 199 Å². The quantitative estimate of drug-likeness (QED) is 0.444. The molecule has 1 aliphatic carbocycles. The van der Waals surface area contributed by atoms with E-state index in [1.807, 2.05) is 24.3 Å². The van der Waals surface area contributed by atoms with Crippen molar-refractivity contribution in [1.82, 2.24) is 10.0 Å². The first kappa shape index (κ1) is 23.8. The minimum absolute atomic E-state index is 0.0765. The molecule has 0 spiro atoms. The number of nitrogens with one attached hydrogen (secondary N) is 2. The number of hydrogen-bond acceptors (Lipinski definition) is 5. The maximum Gasteiger partial charge on any atom is 0.244 e. The van der Waals surface area contributed by atoms with Gasteiger partial charge in [-0.1, -0.05) is 37.1 Å². The molecule has 7 nitrogen and oxygen atoms in total.